The quantitative estimate of drug-likeness (QED) is 0.631. The molecule has 0 aliphatic carbocycles. The minimum Gasteiger partial charge on any atom is -0.459 e. The summed E-state index contributed by atoms with van der Waals surface area (Å²) in [7, 11) is 1.88. The summed E-state index contributed by atoms with van der Waals surface area (Å²) < 4.78 is 5.35. The summed E-state index contributed by atoms with van der Waals surface area (Å²) >= 11 is 0. The number of rotatable bonds is 4. The van der Waals surface area contributed by atoms with E-state index in [4.69, 9.17) is 10.2 Å². The second-order valence-electron chi connectivity index (χ2n) is 7.78. The first-order valence-electron chi connectivity index (χ1n) is 10.2. The lowest BCUT2D eigenvalue weighted by molar-refractivity contribution is -0.117. The van der Waals surface area contributed by atoms with E-state index in [-0.39, 0.29) is 23.6 Å². The molecule has 0 radical (unpaired) electrons. The van der Waals surface area contributed by atoms with Gasteiger partial charge in [0.05, 0.1) is 23.7 Å². The molecule has 0 unspecified atom stereocenters. The first kappa shape index (κ1) is 20.7. The van der Waals surface area contributed by atoms with E-state index in [1.54, 1.807) is 28.9 Å². The number of anilines is 3. The van der Waals surface area contributed by atoms with Gasteiger partial charge < -0.3 is 25.3 Å². The SMILES string of the molecule is CNCc1ccc(-c2ccc3c(c2)N(C(=O)c2ccco2)C[C@H](C)N3C(C)=O)cc1N. The van der Waals surface area contributed by atoms with Crippen molar-refractivity contribution in [3.63, 3.8) is 0 Å². The lowest BCUT2D eigenvalue weighted by Crippen LogP contribution is -2.51. The van der Waals surface area contributed by atoms with Crippen molar-refractivity contribution in [3.05, 3.63) is 66.1 Å². The van der Waals surface area contributed by atoms with Crippen LogP contribution < -0.4 is 20.9 Å². The molecule has 1 aliphatic heterocycles. The van der Waals surface area contributed by atoms with Crippen LogP contribution in [0.4, 0.5) is 17.1 Å². The maximum Gasteiger partial charge on any atom is 0.294 e. The molecule has 1 aliphatic rings. The number of furan rings is 1. The molecule has 3 aromatic rings. The number of nitrogens with one attached hydrogen (secondary N) is 1. The average molecular weight is 418 g/mol. The van der Waals surface area contributed by atoms with Gasteiger partial charge in [-0.2, -0.15) is 0 Å². The molecule has 160 valence electrons. The van der Waals surface area contributed by atoms with Crippen LogP contribution in [-0.4, -0.2) is 31.4 Å². The van der Waals surface area contributed by atoms with E-state index in [2.05, 4.69) is 5.32 Å². The fourth-order valence-corrected chi connectivity index (χ4v) is 4.14. The minimum absolute atomic E-state index is 0.0627. The molecule has 3 N–H and O–H groups in total. The third kappa shape index (κ3) is 3.80. The van der Waals surface area contributed by atoms with Gasteiger partial charge in [0.25, 0.3) is 5.91 Å². The van der Waals surface area contributed by atoms with Crippen molar-refractivity contribution in [1.29, 1.82) is 0 Å². The fourth-order valence-electron chi connectivity index (χ4n) is 4.14. The molecule has 1 aromatic heterocycles. The lowest BCUT2D eigenvalue weighted by atomic mass is 9.98. The predicted octanol–water partition coefficient (Wildman–Crippen LogP) is 3.65. The summed E-state index contributed by atoms with van der Waals surface area (Å²) in [6.45, 7) is 4.53. The third-order valence-electron chi connectivity index (χ3n) is 5.58. The van der Waals surface area contributed by atoms with Gasteiger partial charge in [0.2, 0.25) is 5.91 Å². The van der Waals surface area contributed by atoms with Crippen LogP contribution in [0.5, 0.6) is 0 Å². The molecule has 0 saturated carbocycles. The Labute approximate surface area is 181 Å². The van der Waals surface area contributed by atoms with E-state index in [1.165, 1.54) is 6.26 Å². The van der Waals surface area contributed by atoms with Gasteiger partial charge in [-0.15, -0.1) is 0 Å². The van der Waals surface area contributed by atoms with Crippen molar-refractivity contribution in [1.82, 2.24) is 5.32 Å². The summed E-state index contributed by atoms with van der Waals surface area (Å²) in [6, 6.07) is 14.9. The van der Waals surface area contributed by atoms with Crippen LogP contribution >= 0.6 is 0 Å². The van der Waals surface area contributed by atoms with Gasteiger partial charge in [0, 0.05) is 25.7 Å². The number of fused-ring (bicyclic) bond motifs is 1. The van der Waals surface area contributed by atoms with Gasteiger partial charge in [-0.05, 0) is 61.0 Å². The standard InChI is InChI=1S/C24H26N4O3/c1-15-14-27(24(30)23-5-4-10-31-23)22-12-18(8-9-21(22)28(15)16(2)29)17-6-7-19(13-26-3)20(25)11-17/h4-12,15,26H,13-14,25H2,1-3H3/t15-/m0/s1. The average Bonchev–Trinajstić information content (AvgIpc) is 3.28. The van der Waals surface area contributed by atoms with Crippen LogP contribution in [0.3, 0.4) is 0 Å². The van der Waals surface area contributed by atoms with Crippen LogP contribution in [0.1, 0.15) is 30.0 Å². The largest absolute Gasteiger partial charge is 0.459 e. The van der Waals surface area contributed by atoms with Crippen LogP contribution in [0.25, 0.3) is 11.1 Å². The molecule has 1 atom stereocenters. The predicted molar refractivity (Wildman–Crippen MR) is 122 cm³/mol. The Morgan fingerprint density at radius 1 is 1.13 bits per heavy atom. The van der Waals surface area contributed by atoms with E-state index in [9.17, 15) is 9.59 Å². The number of benzene rings is 2. The summed E-state index contributed by atoms with van der Waals surface area (Å²) in [4.78, 5) is 28.9. The highest BCUT2D eigenvalue weighted by molar-refractivity contribution is 6.10. The van der Waals surface area contributed by atoms with E-state index in [1.807, 2.05) is 50.4 Å². The van der Waals surface area contributed by atoms with Crippen molar-refractivity contribution >= 4 is 28.9 Å². The number of nitrogens with zero attached hydrogens (tertiary/aromatic N) is 2. The van der Waals surface area contributed by atoms with Crippen molar-refractivity contribution < 1.29 is 14.0 Å². The Kier molecular flexibility index (Phi) is 5.52. The Morgan fingerprint density at radius 2 is 1.87 bits per heavy atom. The summed E-state index contributed by atoms with van der Waals surface area (Å²) in [5.41, 5.74) is 11.2. The monoisotopic (exact) mass is 418 g/mol. The van der Waals surface area contributed by atoms with E-state index < -0.39 is 0 Å². The van der Waals surface area contributed by atoms with Gasteiger partial charge in [-0.25, -0.2) is 0 Å². The maximum atomic E-state index is 13.2. The van der Waals surface area contributed by atoms with Gasteiger partial charge in [-0.1, -0.05) is 18.2 Å². The molecule has 7 nitrogen and oxygen atoms in total. The Balaban J connectivity index is 1.81. The van der Waals surface area contributed by atoms with Gasteiger partial charge in [0.15, 0.2) is 5.76 Å². The Hall–Kier alpha value is -3.58. The smallest absolute Gasteiger partial charge is 0.294 e. The van der Waals surface area contributed by atoms with Gasteiger partial charge in [-0.3, -0.25) is 9.59 Å². The minimum atomic E-state index is -0.234. The Bertz CT molecular complexity index is 1120. The van der Waals surface area contributed by atoms with E-state index in [0.717, 1.165) is 16.7 Å². The molecule has 0 fully saturated rings. The molecule has 7 heteroatoms. The van der Waals surface area contributed by atoms with Crippen molar-refractivity contribution in [2.24, 2.45) is 0 Å². The highest BCUT2D eigenvalue weighted by atomic mass is 16.3. The number of hydrogen-bond acceptors (Lipinski definition) is 5. The second kappa shape index (κ2) is 8.28. The van der Waals surface area contributed by atoms with Crippen LogP contribution in [0.2, 0.25) is 0 Å². The molecule has 2 heterocycles. The van der Waals surface area contributed by atoms with Crippen LogP contribution in [0.15, 0.2) is 59.2 Å². The molecule has 0 spiro atoms. The Morgan fingerprint density at radius 3 is 2.52 bits per heavy atom. The molecule has 2 amide bonds. The number of carbonyl (C=O) groups excluding carboxylic acids is 2. The molecular weight excluding hydrogens is 392 g/mol. The maximum absolute atomic E-state index is 13.2. The number of hydrogen-bond donors (Lipinski definition) is 2. The zero-order chi connectivity index (χ0) is 22.1. The lowest BCUT2D eigenvalue weighted by Gasteiger charge is -2.40. The first-order chi connectivity index (χ1) is 14.9. The topological polar surface area (TPSA) is 91.8 Å². The molecule has 31 heavy (non-hydrogen) atoms. The third-order valence-corrected chi connectivity index (χ3v) is 5.58. The molecule has 4 rings (SSSR count). The fraction of sp³-hybridized carbons (Fsp3) is 0.250. The van der Waals surface area contributed by atoms with Gasteiger partial charge in [0.1, 0.15) is 0 Å². The highest BCUT2D eigenvalue weighted by Gasteiger charge is 2.35. The normalized spacial score (nSPS) is 15.6. The highest BCUT2D eigenvalue weighted by Crippen LogP contribution is 2.40. The summed E-state index contributed by atoms with van der Waals surface area (Å²) in [6.07, 6.45) is 1.48. The summed E-state index contributed by atoms with van der Waals surface area (Å²) in [5.74, 6) is -0.0323. The number of nitrogens with two attached hydrogens (primary N) is 1. The molecular formula is C24H26N4O3. The molecule has 0 bridgehead atoms. The molecule has 0 saturated heterocycles. The van der Waals surface area contributed by atoms with Crippen LogP contribution in [0, 0.1) is 0 Å². The number of nitrogen functional groups attached to an aromatic ring is 1. The number of amides is 2. The van der Waals surface area contributed by atoms with E-state index in [0.29, 0.717) is 30.2 Å². The zero-order valence-electron chi connectivity index (χ0n) is 17.9. The first-order valence-corrected chi connectivity index (χ1v) is 10.2. The van der Waals surface area contributed by atoms with Crippen molar-refractivity contribution in [2.45, 2.75) is 26.4 Å². The van der Waals surface area contributed by atoms with E-state index >= 15 is 0 Å². The van der Waals surface area contributed by atoms with Crippen LogP contribution in [-0.2, 0) is 11.3 Å². The zero-order valence-corrected chi connectivity index (χ0v) is 17.9. The van der Waals surface area contributed by atoms with Crippen molar-refractivity contribution in [3.8, 4) is 11.1 Å². The summed E-state index contributed by atoms with van der Waals surface area (Å²) in [5, 5.41) is 3.11. The second-order valence-corrected chi connectivity index (χ2v) is 7.78. The number of carbonyl (C=O) groups is 2. The van der Waals surface area contributed by atoms with Gasteiger partial charge >= 0.3 is 0 Å². The molecule has 2 aromatic carbocycles. The van der Waals surface area contributed by atoms with Crippen molar-refractivity contribution in [2.75, 3.05) is 29.1 Å².